The first-order valence-corrected chi connectivity index (χ1v) is 9.85. The molecule has 1 saturated heterocycles. The molecule has 0 atom stereocenters. The monoisotopic (exact) mass is 377 g/mol. The summed E-state index contributed by atoms with van der Waals surface area (Å²) in [5, 5.41) is 14.3. The highest BCUT2D eigenvalue weighted by molar-refractivity contribution is 7.19. The Kier molecular flexibility index (Phi) is 4.41. The Bertz CT molecular complexity index is 1040. The van der Waals surface area contributed by atoms with Gasteiger partial charge in [0.15, 0.2) is 5.82 Å². The molecule has 0 saturated carbocycles. The molecule has 27 heavy (non-hydrogen) atoms. The molecule has 136 valence electrons. The molecule has 7 heteroatoms. The molecule has 0 N–H and O–H groups in total. The maximum absolute atomic E-state index is 5.41. The fourth-order valence-corrected chi connectivity index (χ4v) is 4.13. The normalized spacial score (nSPS) is 15.4. The fourth-order valence-electron chi connectivity index (χ4n) is 3.27. The summed E-state index contributed by atoms with van der Waals surface area (Å²) in [6.07, 6.45) is 0. The molecule has 6 nitrogen and oxygen atoms in total. The highest BCUT2D eigenvalue weighted by Crippen LogP contribution is 2.28. The Balaban J connectivity index is 1.40. The standard InChI is InChI=1S/C20H19N5OS/c1-2-4-15(5-3-1)16-6-8-17(9-7-16)19-23-25-18(21-22-20(25)27-19)14-24-10-12-26-13-11-24/h1-9H,10-14H2. The summed E-state index contributed by atoms with van der Waals surface area (Å²) in [5.41, 5.74) is 3.52. The van der Waals surface area contributed by atoms with Crippen molar-refractivity contribution in [1.82, 2.24) is 24.7 Å². The first-order valence-electron chi connectivity index (χ1n) is 9.04. The van der Waals surface area contributed by atoms with Crippen LogP contribution in [0.4, 0.5) is 0 Å². The van der Waals surface area contributed by atoms with E-state index in [9.17, 15) is 0 Å². The molecule has 3 heterocycles. The topological polar surface area (TPSA) is 55.5 Å². The van der Waals surface area contributed by atoms with Crippen LogP contribution in [-0.4, -0.2) is 51.0 Å². The molecule has 1 aliphatic heterocycles. The predicted molar refractivity (Wildman–Crippen MR) is 106 cm³/mol. The van der Waals surface area contributed by atoms with Crippen LogP contribution >= 0.6 is 11.3 Å². The molecular formula is C20H19N5OS. The molecule has 1 fully saturated rings. The second-order valence-corrected chi connectivity index (χ2v) is 7.51. The highest BCUT2D eigenvalue weighted by atomic mass is 32.1. The Morgan fingerprint density at radius 1 is 0.852 bits per heavy atom. The minimum atomic E-state index is 0.751. The molecular weight excluding hydrogens is 358 g/mol. The third-order valence-corrected chi connectivity index (χ3v) is 5.71. The Hall–Kier alpha value is -2.61. The average molecular weight is 377 g/mol. The van der Waals surface area contributed by atoms with Gasteiger partial charge in [-0.2, -0.15) is 9.61 Å². The van der Waals surface area contributed by atoms with Gasteiger partial charge in [-0.25, -0.2) is 0 Å². The zero-order valence-corrected chi connectivity index (χ0v) is 15.6. The van der Waals surface area contributed by atoms with Gasteiger partial charge in [0.05, 0.1) is 19.8 Å². The summed E-state index contributed by atoms with van der Waals surface area (Å²) in [5.74, 6) is 0.885. The Morgan fingerprint density at radius 3 is 2.33 bits per heavy atom. The number of hydrogen-bond acceptors (Lipinski definition) is 6. The van der Waals surface area contributed by atoms with Crippen LogP contribution in [0.3, 0.4) is 0 Å². The van der Waals surface area contributed by atoms with Crippen LogP contribution in [0.25, 0.3) is 26.7 Å². The van der Waals surface area contributed by atoms with Gasteiger partial charge >= 0.3 is 0 Å². The Labute approximate surface area is 161 Å². The SMILES string of the molecule is c1ccc(-c2ccc(-c3nn4c(CN5CCOCC5)nnc4s3)cc2)cc1. The summed E-state index contributed by atoms with van der Waals surface area (Å²) in [6, 6.07) is 18.9. The van der Waals surface area contributed by atoms with Crippen molar-refractivity contribution < 1.29 is 4.74 Å². The van der Waals surface area contributed by atoms with Crippen molar-refractivity contribution in [2.24, 2.45) is 0 Å². The van der Waals surface area contributed by atoms with Crippen LogP contribution in [0.1, 0.15) is 5.82 Å². The van der Waals surface area contributed by atoms with E-state index >= 15 is 0 Å². The van der Waals surface area contributed by atoms with E-state index < -0.39 is 0 Å². The molecule has 0 spiro atoms. The lowest BCUT2D eigenvalue weighted by molar-refractivity contribution is 0.0328. The molecule has 0 amide bonds. The molecule has 4 aromatic rings. The number of fused-ring (bicyclic) bond motifs is 1. The van der Waals surface area contributed by atoms with Gasteiger partial charge in [-0.15, -0.1) is 10.2 Å². The van der Waals surface area contributed by atoms with E-state index in [1.807, 2.05) is 10.6 Å². The minimum Gasteiger partial charge on any atom is -0.379 e. The quantitative estimate of drug-likeness (QED) is 0.546. The van der Waals surface area contributed by atoms with Gasteiger partial charge in [0.1, 0.15) is 5.01 Å². The number of benzene rings is 2. The van der Waals surface area contributed by atoms with Gasteiger partial charge in [-0.1, -0.05) is 65.9 Å². The van der Waals surface area contributed by atoms with Gasteiger partial charge in [0, 0.05) is 18.7 Å². The largest absolute Gasteiger partial charge is 0.379 e. The lowest BCUT2D eigenvalue weighted by atomic mass is 10.0. The van der Waals surface area contributed by atoms with E-state index in [-0.39, 0.29) is 0 Å². The van der Waals surface area contributed by atoms with Gasteiger partial charge in [-0.05, 0) is 11.1 Å². The first-order chi connectivity index (χ1) is 13.4. The second-order valence-electron chi connectivity index (χ2n) is 6.55. The van der Waals surface area contributed by atoms with Crippen molar-refractivity contribution in [2.75, 3.05) is 26.3 Å². The van der Waals surface area contributed by atoms with Crippen molar-refractivity contribution >= 4 is 16.3 Å². The second kappa shape index (κ2) is 7.19. The van der Waals surface area contributed by atoms with Crippen molar-refractivity contribution in [1.29, 1.82) is 0 Å². The van der Waals surface area contributed by atoms with Crippen molar-refractivity contribution in [3.63, 3.8) is 0 Å². The van der Waals surface area contributed by atoms with E-state index in [1.165, 1.54) is 11.1 Å². The lowest BCUT2D eigenvalue weighted by Crippen LogP contribution is -2.36. The minimum absolute atomic E-state index is 0.751. The van der Waals surface area contributed by atoms with Crippen LogP contribution in [-0.2, 0) is 11.3 Å². The summed E-state index contributed by atoms with van der Waals surface area (Å²) < 4.78 is 7.29. The zero-order valence-electron chi connectivity index (χ0n) is 14.8. The molecule has 0 unspecified atom stereocenters. The zero-order chi connectivity index (χ0) is 18.1. The molecule has 0 aliphatic carbocycles. The average Bonchev–Trinajstić information content (AvgIpc) is 3.32. The summed E-state index contributed by atoms with van der Waals surface area (Å²) in [6.45, 7) is 4.15. The van der Waals surface area contributed by atoms with Gasteiger partial charge in [-0.3, -0.25) is 4.90 Å². The molecule has 0 bridgehead atoms. The van der Waals surface area contributed by atoms with E-state index in [1.54, 1.807) is 11.3 Å². The van der Waals surface area contributed by atoms with E-state index in [0.29, 0.717) is 0 Å². The van der Waals surface area contributed by atoms with Gasteiger partial charge in [0.2, 0.25) is 4.96 Å². The smallest absolute Gasteiger partial charge is 0.235 e. The summed E-state index contributed by atoms with van der Waals surface area (Å²) >= 11 is 1.57. The van der Waals surface area contributed by atoms with Crippen LogP contribution in [0, 0.1) is 0 Å². The summed E-state index contributed by atoms with van der Waals surface area (Å²) in [7, 11) is 0. The number of nitrogens with zero attached hydrogens (tertiary/aromatic N) is 5. The summed E-state index contributed by atoms with van der Waals surface area (Å²) in [4.78, 5) is 3.16. The Morgan fingerprint density at radius 2 is 1.56 bits per heavy atom. The van der Waals surface area contributed by atoms with Crippen LogP contribution in [0.2, 0.25) is 0 Å². The third kappa shape index (κ3) is 3.37. The number of rotatable bonds is 4. The predicted octanol–water partition coefficient (Wildman–Crippen LogP) is 3.35. The molecule has 2 aromatic carbocycles. The van der Waals surface area contributed by atoms with Crippen molar-refractivity contribution in [3.8, 4) is 21.7 Å². The lowest BCUT2D eigenvalue weighted by Gasteiger charge is -2.25. The molecule has 0 radical (unpaired) electrons. The van der Waals surface area contributed by atoms with E-state index in [4.69, 9.17) is 9.84 Å². The maximum Gasteiger partial charge on any atom is 0.235 e. The number of aromatic nitrogens is 4. The third-order valence-electron chi connectivity index (χ3n) is 4.76. The highest BCUT2D eigenvalue weighted by Gasteiger charge is 2.17. The number of morpholine rings is 1. The number of hydrogen-bond donors (Lipinski definition) is 0. The number of ether oxygens (including phenoxy) is 1. The molecule has 5 rings (SSSR count). The van der Waals surface area contributed by atoms with E-state index in [0.717, 1.165) is 54.2 Å². The van der Waals surface area contributed by atoms with Crippen molar-refractivity contribution in [3.05, 3.63) is 60.4 Å². The first kappa shape index (κ1) is 16.6. The van der Waals surface area contributed by atoms with Crippen molar-refractivity contribution in [2.45, 2.75) is 6.54 Å². The molecule has 2 aromatic heterocycles. The van der Waals surface area contributed by atoms with Crippen LogP contribution < -0.4 is 0 Å². The van der Waals surface area contributed by atoms with Crippen LogP contribution in [0.5, 0.6) is 0 Å². The van der Waals surface area contributed by atoms with Gasteiger partial charge in [0.25, 0.3) is 0 Å². The van der Waals surface area contributed by atoms with Gasteiger partial charge < -0.3 is 4.74 Å². The van der Waals surface area contributed by atoms with Crippen LogP contribution in [0.15, 0.2) is 54.6 Å². The fraction of sp³-hybridized carbons (Fsp3) is 0.250. The van der Waals surface area contributed by atoms with E-state index in [2.05, 4.69) is 63.6 Å². The molecule has 1 aliphatic rings. The maximum atomic E-state index is 5.41.